The Hall–Kier alpha value is -0.640. The van der Waals surface area contributed by atoms with Gasteiger partial charge in [0.05, 0.1) is 0 Å². The zero-order valence-electron chi connectivity index (χ0n) is 7.57. The van der Waals surface area contributed by atoms with Crippen molar-refractivity contribution in [3.05, 3.63) is 11.5 Å². The lowest BCUT2D eigenvalue weighted by Gasteiger charge is -2.19. The predicted molar refractivity (Wildman–Crippen MR) is 50.7 cm³/mol. The van der Waals surface area contributed by atoms with Crippen molar-refractivity contribution < 1.29 is 14.3 Å². The van der Waals surface area contributed by atoms with E-state index in [-0.39, 0.29) is 6.10 Å². The first-order valence-electron chi connectivity index (χ1n) is 3.67. The molecule has 0 saturated carbocycles. The Bertz CT molecular complexity index is 205. The summed E-state index contributed by atoms with van der Waals surface area (Å²) in [4.78, 5) is 10.5. The summed E-state index contributed by atoms with van der Waals surface area (Å²) in [7, 11) is -0.656. The molecule has 1 unspecified atom stereocenters. The maximum absolute atomic E-state index is 10.5. The third-order valence-electron chi connectivity index (χ3n) is 1.31. The molecule has 0 N–H and O–H groups in total. The van der Waals surface area contributed by atoms with Crippen LogP contribution in [0.25, 0.3) is 0 Å². The Morgan fingerprint density at radius 3 is 2.58 bits per heavy atom. The summed E-state index contributed by atoms with van der Waals surface area (Å²) in [6.07, 6.45) is 7.67. The first kappa shape index (κ1) is 9.45. The van der Waals surface area contributed by atoms with Crippen molar-refractivity contribution in [1.29, 1.82) is 0 Å². The standard InChI is InChI=1S/C8H14O3S/c1-12(2,3)5-4-7-6-10-8(9)11-7/h4-5,7H,6H2,1-3H3/b5-4-. The third kappa shape index (κ3) is 3.17. The zero-order valence-corrected chi connectivity index (χ0v) is 8.39. The second-order valence-electron chi connectivity index (χ2n) is 3.48. The molecule has 0 spiro atoms. The van der Waals surface area contributed by atoms with Gasteiger partial charge < -0.3 is 9.47 Å². The lowest BCUT2D eigenvalue weighted by Crippen LogP contribution is -2.05. The molecule has 1 heterocycles. The van der Waals surface area contributed by atoms with Gasteiger partial charge in [-0.1, -0.05) is 0 Å². The minimum Gasteiger partial charge on any atom is -0.430 e. The second kappa shape index (κ2) is 3.39. The summed E-state index contributed by atoms with van der Waals surface area (Å²) in [6, 6.07) is 0. The van der Waals surface area contributed by atoms with Crippen molar-refractivity contribution in [2.75, 3.05) is 25.4 Å². The number of carbonyl (C=O) groups is 1. The molecule has 4 heteroatoms. The van der Waals surface area contributed by atoms with Gasteiger partial charge in [0.2, 0.25) is 0 Å². The van der Waals surface area contributed by atoms with E-state index in [9.17, 15) is 4.79 Å². The maximum atomic E-state index is 10.5. The fourth-order valence-corrected chi connectivity index (χ4v) is 1.41. The Balaban J connectivity index is 2.42. The van der Waals surface area contributed by atoms with Crippen molar-refractivity contribution in [2.45, 2.75) is 6.10 Å². The quantitative estimate of drug-likeness (QED) is 0.622. The number of rotatable bonds is 2. The molecular formula is C8H14O3S. The molecule has 1 atom stereocenters. The molecule has 0 aliphatic carbocycles. The lowest BCUT2D eigenvalue weighted by molar-refractivity contribution is 0.125. The van der Waals surface area contributed by atoms with Gasteiger partial charge in [-0.15, -0.1) is 0 Å². The first-order valence-corrected chi connectivity index (χ1v) is 6.59. The Morgan fingerprint density at radius 2 is 2.17 bits per heavy atom. The normalized spacial score (nSPS) is 25.6. The van der Waals surface area contributed by atoms with Gasteiger partial charge in [0.1, 0.15) is 6.61 Å². The summed E-state index contributed by atoms with van der Waals surface area (Å²) in [5, 5.41) is 2.10. The van der Waals surface area contributed by atoms with Crippen LogP contribution in [0.2, 0.25) is 0 Å². The minimum atomic E-state index is -0.656. The van der Waals surface area contributed by atoms with E-state index in [0.717, 1.165) is 0 Å². The highest BCUT2D eigenvalue weighted by Crippen LogP contribution is 2.36. The monoisotopic (exact) mass is 190 g/mol. The van der Waals surface area contributed by atoms with Crippen LogP contribution in [0, 0.1) is 0 Å². The molecule has 12 heavy (non-hydrogen) atoms. The van der Waals surface area contributed by atoms with Crippen LogP contribution in [0.5, 0.6) is 0 Å². The van der Waals surface area contributed by atoms with Crippen LogP contribution in [0.1, 0.15) is 0 Å². The number of hydrogen-bond donors (Lipinski definition) is 0. The van der Waals surface area contributed by atoms with Gasteiger partial charge in [-0.2, -0.15) is 0 Å². The van der Waals surface area contributed by atoms with Crippen LogP contribution in [0.15, 0.2) is 11.5 Å². The molecule has 1 saturated heterocycles. The van der Waals surface area contributed by atoms with Crippen LogP contribution >= 0.6 is 10.0 Å². The molecule has 1 aliphatic heterocycles. The Labute approximate surface area is 74.0 Å². The molecular weight excluding hydrogens is 176 g/mol. The summed E-state index contributed by atoms with van der Waals surface area (Å²) < 4.78 is 9.45. The van der Waals surface area contributed by atoms with Gasteiger partial charge in [0, 0.05) is 0 Å². The van der Waals surface area contributed by atoms with Gasteiger partial charge in [0.15, 0.2) is 6.10 Å². The first-order chi connectivity index (χ1) is 5.47. The zero-order chi connectivity index (χ0) is 9.19. The summed E-state index contributed by atoms with van der Waals surface area (Å²) in [5.41, 5.74) is 0. The van der Waals surface area contributed by atoms with Crippen molar-refractivity contribution in [2.24, 2.45) is 0 Å². The van der Waals surface area contributed by atoms with Gasteiger partial charge in [-0.05, 0) is 30.3 Å². The van der Waals surface area contributed by atoms with Crippen LogP contribution in [0.3, 0.4) is 0 Å². The van der Waals surface area contributed by atoms with Crippen LogP contribution in [-0.2, 0) is 9.47 Å². The summed E-state index contributed by atoms with van der Waals surface area (Å²) in [5.74, 6) is 0. The van der Waals surface area contributed by atoms with Crippen molar-refractivity contribution in [3.8, 4) is 0 Å². The smallest absolute Gasteiger partial charge is 0.430 e. The highest BCUT2D eigenvalue weighted by Gasteiger charge is 2.22. The fourth-order valence-electron chi connectivity index (χ4n) is 0.760. The van der Waals surface area contributed by atoms with E-state index >= 15 is 0 Å². The number of carbonyl (C=O) groups excluding carboxylic acids is 1. The Kier molecular flexibility index (Phi) is 2.67. The molecule has 1 fully saturated rings. The molecule has 0 radical (unpaired) electrons. The predicted octanol–water partition coefficient (Wildman–Crippen LogP) is 1.73. The van der Waals surface area contributed by atoms with Crippen LogP contribution in [0.4, 0.5) is 4.79 Å². The van der Waals surface area contributed by atoms with E-state index in [4.69, 9.17) is 4.74 Å². The third-order valence-corrected chi connectivity index (χ3v) is 2.29. The lowest BCUT2D eigenvalue weighted by atomic mass is 10.4. The number of ether oxygens (including phenoxy) is 2. The largest absolute Gasteiger partial charge is 0.509 e. The highest BCUT2D eigenvalue weighted by molar-refractivity contribution is 8.34. The molecule has 70 valence electrons. The molecule has 0 aromatic rings. The maximum Gasteiger partial charge on any atom is 0.509 e. The molecule has 1 aliphatic rings. The van der Waals surface area contributed by atoms with Gasteiger partial charge in [-0.25, -0.2) is 14.8 Å². The van der Waals surface area contributed by atoms with Crippen molar-refractivity contribution in [3.63, 3.8) is 0 Å². The van der Waals surface area contributed by atoms with E-state index in [1.54, 1.807) is 0 Å². The van der Waals surface area contributed by atoms with Gasteiger partial charge >= 0.3 is 6.16 Å². The Morgan fingerprint density at radius 1 is 1.50 bits per heavy atom. The fraction of sp³-hybridized carbons (Fsp3) is 0.625. The molecule has 0 aromatic heterocycles. The molecule has 0 amide bonds. The molecule has 0 aromatic carbocycles. The highest BCUT2D eigenvalue weighted by atomic mass is 32.3. The molecule has 0 bridgehead atoms. The van der Waals surface area contributed by atoms with E-state index in [1.165, 1.54) is 0 Å². The summed E-state index contributed by atoms with van der Waals surface area (Å²) >= 11 is 0. The molecule has 3 nitrogen and oxygen atoms in total. The van der Waals surface area contributed by atoms with E-state index in [1.807, 2.05) is 6.08 Å². The van der Waals surface area contributed by atoms with Crippen molar-refractivity contribution >= 4 is 16.2 Å². The van der Waals surface area contributed by atoms with E-state index in [0.29, 0.717) is 6.61 Å². The van der Waals surface area contributed by atoms with Gasteiger partial charge in [0.25, 0.3) is 0 Å². The topological polar surface area (TPSA) is 35.5 Å². The van der Waals surface area contributed by atoms with Crippen LogP contribution < -0.4 is 0 Å². The second-order valence-corrected chi connectivity index (χ2v) is 7.61. The van der Waals surface area contributed by atoms with Crippen LogP contribution in [-0.4, -0.2) is 37.6 Å². The average Bonchev–Trinajstić information content (AvgIpc) is 2.30. The minimum absolute atomic E-state index is 0.177. The number of cyclic esters (lactones) is 2. The summed E-state index contributed by atoms with van der Waals surface area (Å²) in [6.45, 7) is 0.352. The molecule has 1 rings (SSSR count). The average molecular weight is 190 g/mol. The van der Waals surface area contributed by atoms with Gasteiger partial charge in [-0.3, -0.25) is 0 Å². The SMILES string of the molecule is CS(C)(C)/C=C\C1COC(=O)O1. The number of hydrogen-bond acceptors (Lipinski definition) is 3. The van der Waals surface area contributed by atoms with E-state index < -0.39 is 16.2 Å². The van der Waals surface area contributed by atoms with Crippen molar-refractivity contribution in [1.82, 2.24) is 0 Å². The van der Waals surface area contributed by atoms with E-state index in [2.05, 4.69) is 28.9 Å².